The molecule has 0 saturated carbocycles. The number of benzene rings is 1. The van der Waals surface area contributed by atoms with Crippen molar-refractivity contribution in [1.29, 1.82) is 0 Å². The highest BCUT2D eigenvalue weighted by Gasteiger charge is 2.24. The third-order valence-corrected chi connectivity index (χ3v) is 5.24. The van der Waals surface area contributed by atoms with Gasteiger partial charge in [0.15, 0.2) is 0 Å². The highest BCUT2D eigenvalue weighted by molar-refractivity contribution is 5.61. The van der Waals surface area contributed by atoms with Crippen LogP contribution in [0, 0.1) is 0 Å². The van der Waals surface area contributed by atoms with Crippen LogP contribution in [0.5, 0.6) is 5.75 Å². The van der Waals surface area contributed by atoms with Gasteiger partial charge in [-0.2, -0.15) is 0 Å². The van der Waals surface area contributed by atoms with Gasteiger partial charge in [-0.05, 0) is 55.3 Å². The molecule has 1 aliphatic heterocycles. The first-order valence-corrected chi connectivity index (χ1v) is 9.58. The fourth-order valence-electron chi connectivity index (χ4n) is 3.81. The van der Waals surface area contributed by atoms with Gasteiger partial charge >= 0.3 is 0 Å². The summed E-state index contributed by atoms with van der Waals surface area (Å²) in [5.74, 6) is 0.854. The minimum absolute atomic E-state index is 0.410. The number of hydrogen-bond acceptors (Lipinski definition) is 4. The number of ether oxygens (including phenoxy) is 1. The Kier molecular flexibility index (Phi) is 5.45. The molecule has 0 radical (unpaired) electrons. The number of hydrogen-bond donors (Lipinski definition) is 0. The summed E-state index contributed by atoms with van der Waals surface area (Å²) in [6, 6.07) is 18.9. The Morgan fingerprint density at radius 2 is 2.00 bits per heavy atom. The third-order valence-electron chi connectivity index (χ3n) is 5.24. The van der Waals surface area contributed by atoms with E-state index in [1.54, 1.807) is 7.11 Å². The smallest absolute Gasteiger partial charge is 0.119 e. The summed E-state index contributed by atoms with van der Waals surface area (Å²) in [4.78, 5) is 11.8. The van der Waals surface area contributed by atoms with E-state index in [2.05, 4.69) is 40.2 Å². The topological polar surface area (TPSA) is 38.2 Å². The summed E-state index contributed by atoms with van der Waals surface area (Å²) in [6.45, 7) is 2.00. The fraction of sp³-hybridized carbons (Fsp3) is 0.304. The Bertz CT molecular complexity index is 864. The molecule has 3 aromatic rings. The van der Waals surface area contributed by atoms with Crippen LogP contribution in [0.3, 0.4) is 0 Å². The average molecular weight is 359 g/mol. The van der Waals surface area contributed by atoms with Crippen molar-refractivity contribution in [2.75, 3.05) is 13.7 Å². The first-order valence-electron chi connectivity index (χ1n) is 9.58. The summed E-state index contributed by atoms with van der Waals surface area (Å²) in [5, 5.41) is 0. The van der Waals surface area contributed by atoms with Gasteiger partial charge in [-0.1, -0.05) is 30.7 Å². The molecule has 0 amide bonds. The maximum atomic E-state index is 5.33. The van der Waals surface area contributed by atoms with E-state index in [0.717, 1.165) is 35.8 Å². The van der Waals surface area contributed by atoms with Crippen molar-refractivity contribution in [3.8, 4) is 17.0 Å². The molecule has 0 N–H and O–H groups in total. The van der Waals surface area contributed by atoms with Gasteiger partial charge in [-0.25, -0.2) is 0 Å². The number of pyridine rings is 2. The van der Waals surface area contributed by atoms with Crippen LogP contribution in [0.1, 0.15) is 36.6 Å². The first-order chi connectivity index (χ1) is 13.3. The number of rotatable bonds is 5. The van der Waals surface area contributed by atoms with Crippen LogP contribution in [0.15, 0.2) is 67.0 Å². The molecule has 2 aromatic heterocycles. The molecule has 1 fully saturated rings. The number of likely N-dealkylation sites (tertiary alicyclic amines) is 1. The highest BCUT2D eigenvalue weighted by atomic mass is 16.5. The van der Waals surface area contributed by atoms with Gasteiger partial charge in [-0.3, -0.25) is 14.9 Å². The molecule has 1 atom stereocenters. The maximum absolute atomic E-state index is 5.33. The van der Waals surface area contributed by atoms with E-state index >= 15 is 0 Å². The van der Waals surface area contributed by atoms with E-state index in [-0.39, 0.29) is 0 Å². The molecule has 0 spiro atoms. The second kappa shape index (κ2) is 8.31. The molecule has 4 heteroatoms. The van der Waals surface area contributed by atoms with Crippen molar-refractivity contribution in [3.05, 3.63) is 78.2 Å². The van der Waals surface area contributed by atoms with Crippen LogP contribution in [-0.2, 0) is 6.54 Å². The van der Waals surface area contributed by atoms with Gasteiger partial charge in [0.25, 0.3) is 0 Å². The molecule has 138 valence electrons. The Morgan fingerprint density at radius 3 is 2.78 bits per heavy atom. The Labute approximate surface area is 160 Å². The van der Waals surface area contributed by atoms with Crippen molar-refractivity contribution in [1.82, 2.24) is 14.9 Å². The zero-order valence-corrected chi connectivity index (χ0v) is 15.7. The number of piperidine rings is 1. The van der Waals surface area contributed by atoms with E-state index in [0.29, 0.717) is 6.04 Å². The molecule has 1 unspecified atom stereocenters. The Hall–Kier alpha value is -2.72. The van der Waals surface area contributed by atoms with Crippen LogP contribution >= 0.6 is 0 Å². The molecule has 4 nitrogen and oxygen atoms in total. The summed E-state index contributed by atoms with van der Waals surface area (Å²) in [7, 11) is 1.69. The van der Waals surface area contributed by atoms with Gasteiger partial charge in [0.1, 0.15) is 5.75 Å². The molecular weight excluding hydrogens is 334 g/mol. The zero-order valence-electron chi connectivity index (χ0n) is 15.7. The SMILES string of the molecule is COc1cccc(-c2ccc(C3CCCCN3Cc3ccccn3)cn2)c1. The van der Waals surface area contributed by atoms with Crippen LogP contribution in [0.25, 0.3) is 11.3 Å². The lowest BCUT2D eigenvalue weighted by Gasteiger charge is -2.35. The van der Waals surface area contributed by atoms with Crippen molar-refractivity contribution in [3.63, 3.8) is 0 Å². The summed E-state index contributed by atoms with van der Waals surface area (Å²) < 4.78 is 5.33. The molecule has 3 heterocycles. The second-order valence-electron chi connectivity index (χ2n) is 7.01. The van der Waals surface area contributed by atoms with Gasteiger partial charge in [0, 0.05) is 30.5 Å². The van der Waals surface area contributed by atoms with E-state index in [1.165, 1.54) is 24.8 Å². The molecule has 1 aromatic carbocycles. The van der Waals surface area contributed by atoms with Crippen molar-refractivity contribution < 1.29 is 4.74 Å². The number of methoxy groups -OCH3 is 1. The first kappa shape index (κ1) is 17.7. The third kappa shape index (κ3) is 4.17. The van der Waals surface area contributed by atoms with Gasteiger partial charge in [0.2, 0.25) is 0 Å². The minimum Gasteiger partial charge on any atom is -0.497 e. The molecule has 0 bridgehead atoms. The van der Waals surface area contributed by atoms with Crippen molar-refractivity contribution >= 4 is 0 Å². The lowest BCUT2D eigenvalue weighted by atomic mass is 9.95. The average Bonchev–Trinajstić information content (AvgIpc) is 2.75. The Morgan fingerprint density at radius 1 is 1.04 bits per heavy atom. The predicted molar refractivity (Wildman–Crippen MR) is 107 cm³/mol. The highest BCUT2D eigenvalue weighted by Crippen LogP contribution is 2.32. The van der Waals surface area contributed by atoms with E-state index in [1.807, 2.05) is 36.7 Å². The summed E-state index contributed by atoms with van der Waals surface area (Å²) in [5.41, 5.74) is 4.47. The molecule has 4 rings (SSSR count). The zero-order chi connectivity index (χ0) is 18.5. The maximum Gasteiger partial charge on any atom is 0.119 e. The standard InChI is InChI=1S/C23H25N3O/c1-27-21-9-6-7-18(15-21)22-12-11-19(16-25-22)23-10-3-5-14-26(23)17-20-8-2-4-13-24-20/h2,4,6-9,11-13,15-16,23H,3,5,10,14,17H2,1H3. The number of nitrogens with zero attached hydrogens (tertiary/aromatic N) is 3. The quantitative estimate of drug-likeness (QED) is 0.651. The second-order valence-corrected chi connectivity index (χ2v) is 7.01. The van der Waals surface area contributed by atoms with Crippen LogP contribution < -0.4 is 4.74 Å². The van der Waals surface area contributed by atoms with Gasteiger partial charge in [-0.15, -0.1) is 0 Å². The van der Waals surface area contributed by atoms with Gasteiger partial charge in [0.05, 0.1) is 18.5 Å². The molecule has 1 aliphatic rings. The van der Waals surface area contributed by atoms with Crippen LogP contribution in [-0.4, -0.2) is 28.5 Å². The van der Waals surface area contributed by atoms with Crippen LogP contribution in [0.2, 0.25) is 0 Å². The van der Waals surface area contributed by atoms with Crippen LogP contribution in [0.4, 0.5) is 0 Å². The molecule has 1 saturated heterocycles. The molecular formula is C23H25N3O. The Balaban J connectivity index is 1.54. The van der Waals surface area contributed by atoms with Gasteiger partial charge < -0.3 is 4.74 Å². The van der Waals surface area contributed by atoms with E-state index in [9.17, 15) is 0 Å². The predicted octanol–water partition coefficient (Wildman–Crippen LogP) is 4.88. The lowest BCUT2D eigenvalue weighted by Crippen LogP contribution is -2.33. The molecule has 27 heavy (non-hydrogen) atoms. The fourth-order valence-corrected chi connectivity index (χ4v) is 3.81. The summed E-state index contributed by atoms with van der Waals surface area (Å²) in [6.07, 6.45) is 7.60. The number of aromatic nitrogens is 2. The van der Waals surface area contributed by atoms with Crippen molar-refractivity contribution in [2.24, 2.45) is 0 Å². The minimum atomic E-state index is 0.410. The largest absolute Gasteiger partial charge is 0.497 e. The van der Waals surface area contributed by atoms with E-state index in [4.69, 9.17) is 9.72 Å². The molecule has 0 aliphatic carbocycles. The van der Waals surface area contributed by atoms with Crippen molar-refractivity contribution in [2.45, 2.75) is 31.8 Å². The normalized spacial score (nSPS) is 17.6. The summed E-state index contributed by atoms with van der Waals surface area (Å²) >= 11 is 0. The van der Waals surface area contributed by atoms with E-state index < -0.39 is 0 Å². The monoisotopic (exact) mass is 359 g/mol. The lowest BCUT2D eigenvalue weighted by molar-refractivity contribution is 0.138.